The zero-order valence-electron chi connectivity index (χ0n) is 12.9. The van der Waals surface area contributed by atoms with E-state index in [2.05, 4.69) is 0 Å². The molecule has 0 bridgehead atoms. The van der Waals surface area contributed by atoms with Crippen molar-refractivity contribution in [1.82, 2.24) is 0 Å². The number of benzene rings is 2. The summed E-state index contributed by atoms with van der Waals surface area (Å²) in [6.07, 6.45) is -0.457. The van der Waals surface area contributed by atoms with Crippen LogP contribution in [0.3, 0.4) is 0 Å². The van der Waals surface area contributed by atoms with Crippen molar-refractivity contribution in [1.29, 1.82) is 0 Å². The largest absolute Gasteiger partial charge is 0.388 e. The smallest absolute Gasteiger partial charge is 0.270 e. The van der Waals surface area contributed by atoms with Gasteiger partial charge >= 0.3 is 0 Å². The SMILES string of the molecule is Cc1ccc2c(c1)C(O)CCN2S(=O)(=O)c1cccc([N+](=O)[O-])c1. The second-order valence-corrected chi connectivity index (χ2v) is 7.56. The van der Waals surface area contributed by atoms with Crippen LogP contribution in [0.15, 0.2) is 47.4 Å². The number of anilines is 1. The second-order valence-electron chi connectivity index (χ2n) is 5.70. The minimum atomic E-state index is -3.95. The van der Waals surface area contributed by atoms with Crippen LogP contribution >= 0.6 is 0 Å². The Kier molecular flexibility index (Phi) is 4.02. The number of nitro groups is 1. The first-order valence-corrected chi connectivity index (χ1v) is 8.80. The summed E-state index contributed by atoms with van der Waals surface area (Å²) in [4.78, 5) is 10.1. The van der Waals surface area contributed by atoms with E-state index in [1.165, 1.54) is 22.5 Å². The Morgan fingerprint density at radius 3 is 2.71 bits per heavy atom. The molecule has 0 aromatic heterocycles. The van der Waals surface area contributed by atoms with Gasteiger partial charge in [0.1, 0.15) is 0 Å². The van der Waals surface area contributed by atoms with Gasteiger partial charge in [0.25, 0.3) is 15.7 Å². The highest BCUT2D eigenvalue weighted by Gasteiger charge is 2.33. The van der Waals surface area contributed by atoms with Crippen molar-refractivity contribution in [2.45, 2.75) is 24.3 Å². The molecule has 126 valence electrons. The van der Waals surface area contributed by atoms with E-state index in [1.54, 1.807) is 18.2 Å². The molecule has 1 aliphatic rings. The summed E-state index contributed by atoms with van der Waals surface area (Å²) in [6.45, 7) is 1.98. The quantitative estimate of drug-likeness (QED) is 0.678. The molecular formula is C16H16N2O5S. The molecule has 1 atom stereocenters. The van der Waals surface area contributed by atoms with Crippen LogP contribution < -0.4 is 4.31 Å². The Morgan fingerprint density at radius 2 is 2.00 bits per heavy atom. The molecule has 7 nitrogen and oxygen atoms in total. The van der Waals surface area contributed by atoms with Gasteiger partial charge in [-0.1, -0.05) is 23.8 Å². The van der Waals surface area contributed by atoms with E-state index < -0.39 is 21.1 Å². The molecule has 8 heteroatoms. The predicted molar refractivity (Wildman–Crippen MR) is 88.4 cm³/mol. The van der Waals surface area contributed by atoms with Gasteiger partial charge in [-0.25, -0.2) is 8.42 Å². The van der Waals surface area contributed by atoms with Crippen molar-refractivity contribution >= 4 is 21.4 Å². The van der Waals surface area contributed by atoms with Gasteiger partial charge < -0.3 is 5.11 Å². The molecule has 3 rings (SSSR count). The van der Waals surface area contributed by atoms with Gasteiger partial charge in [0.2, 0.25) is 0 Å². The molecule has 0 fully saturated rings. The molecule has 0 saturated carbocycles. The summed E-state index contributed by atoms with van der Waals surface area (Å²) in [5.74, 6) is 0. The van der Waals surface area contributed by atoms with Crippen LogP contribution in [0.2, 0.25) is 0 Å². The van der Waals surface area contributed by atoms with Crippen molar-refractivity contribution < 1.29 is 18.4 Å². The summed E-state index contributed by atoms with van der Waals surface area (Å²) >= 11 is 0. The van der Waals surface area contributed by atoms with Crippen molar-refractivity contribution in [3.05, 3.63) is 63.7 Å². The van der Waals surface area contributed by atoms with E-state index in [9.17, 15) is 23.6 Å². The molecule has 0 radical (unpaired) electrons. The lowest BCUT2D eigenvalue weighted by atomic mass is 9.99. The number of hydrogen-bond donors (Lipinski definition) is 1. The Bertz CT molecular complexity index is 910. The Balaban J connectivity index is 2.10. The Hall–Kier alpha value is -2.45. The molecule has 24 heavy (non-hydrogen) atoms. The maximum absolute atomic E-state index is 12.9. The second kappa shape index (κ2) is 5.88. The summed E-state index contributed by atoms with van der Waals surface area (Å²) < 4.78 is 27.1. The van der Waals surface area contributed by atoms with Gasteiger partial charge in [0.15, 0.2) is 0 Å². The van der Waals surface area contributed by atoms with E-state index >= 15 is 0 Å². The number of aliphatic hydroxyl groups excluding tert-OH is 1. The van der Waals surface area contributed by atoms with Gasteiger partial charge in [0.05, 0.1) is 21.6 Å². The lowest BCUT2D eigenvalue weighted by molar-refractivity contribution is -0.385. The average Bonchev–Trinajstić information content (AvgIpc) is 2.55. The standard InChI is InChI=1S/C16H16N2O5S/c1-11-5-6-15-14(9-11)16(19)7-8-17(15)24(22,23)13-4-2-3-12(10-13)18(20)21/h2-6,9-10,16,19H,7-8H2,1H3. The third-order valence-corrected chi connectivity index (χ3v) is 5.84. The van der Waals surface area contributed by atoms with E-state index in [0.29, 0.717) is 11.3 Å². The number of fused-ring (bicyclic) bond motifs is 1. The average molecular weight is 348 g/mol. The van der Waals surface area contributed by atoms with Gasteiger partial charge in [-0.05, 0) is 25.5 Å². The van der Waals surface area contributed by atoms with Crippen LogP contribution in [-0.2, 0) is 10.0 Å². The third-order valence-electron chi connectivity index (χ3n) is 4.03. The number of nitro benzene ring substituents is 1. The summed E-state index contributed by atoms with van der Waals surface area (Å²) in [7, 11) is -3.95. The molecule has 0 spiro atoms. The van der Waals surface area contributed by atoms with E-state index in [0.717, 1.165) is 11.6 Å². The minimum absolute atomic E-state index is 0.113. The maximum atomic E-state index is 12.9. The van der Waals surface area contributed by atoms with Gasteiger partial charge in [0, 0.05) is 24.2 Å². The highest BCUT2D eigenvalue weighted by atomic mass is 32.2. The predicted octanol–water partition coefficient (Wildman–Crippen LogP) is 2.54. The lowest BCUT2D eigenvalue weighted by Gasteiger charge is -2.33. The maximum Gasteiger partial charge on any atom is 0.270 e. The number of nitrogens with zero attached hydrogens (tertiary/aromatic N) is 2. The fourth-order valence-electron chi connectivity index (χ4n) is 2.82. The van der Waals surface area contributed by atoms with Crippen molar-refractivity contribution in [3.63, 3.8) is 0 Å². The van der Waals surface area contributed by atoms with Gasteiger partial charge in [-0.15, -0.1) is 0 Å². The van der Waals surface area contributed by atoms with Crippen molar-refractivity contribution in [2.75, 3.05) is 10.8 Å². The van der Waals surface area contributed by atoms with Crippen LogP contribution in [0.1, 0.15) is 23.7 Å². The topological polar surface area (TPSA) is 101 Å². The number of aliphatic hydroxyl groups is 1. The number of hydrogen-bond acceptors (Lipinski definition) is 5. The molecule has 0 saturated heterocycles. The van der Waals surface area contributed by atoms with E-state index in [-0.39, 0.29) is 23.5 Å². The molecule has 0 amide bonds. The monoisotopic (exact) mass is 348 g/mol. The van der Waals surface area contributed by atoms with Crippen LogP contribution in [0, 0.1) is 17.0 Å². The van der Waals surface area contributed by atoms with E-state index in [4.69, 9.17) is 0 Å². The minimum Gasteiger partial charge on any atom is -0.388 e. The molecule has 1 aliphatic heterocycles. The van der Waals surface area contributed by atoms with E-state index in [1.807, 2.05) is 6.92 Å². The zero-order chi connectivity index (χ0) is 17.5. The molecule has 1 N–H and O–H groups in total. The van der Waals surface area contributed by atoms with Crippen molar-refractivity contribution in [2.24, 2.45) is 0 Å². The fraction of sp³-hybridized carbons (Fsp3) is 0.250. The van der Waals surface area contributed by atoms with Gasteiger partial charge in [-0.3, -0.25) is 14.4 Å². The number of rotatable bonds is 3. The fourth-order valence-corrected chi connectivity index (χ4v) is 4.36. The third kappa shape index (κ3) is 2.74. The first-order chi connectivity index (χ1) is 11.3. The van der Waals surface area contributed by atoms with Crippen LogP contribution in [-0.4, -0.2) is 25.0 Å². The first kappa shape index (κ1) is 16.4. The summed E-state index contributed by atoms with van der Waals surface area (Å²) in [5, 5.41) is 21.0. The van der Waals surface area contributed by atoms with Crippen LogP contribution in [0.25, 0.3) is 0 Å². The zero-order valence-corrected chi connectivity index (χ0v) is 13.7. The molecule has 0 aliphatic carbocycles. The number of aryl methyl sites for hydroxylation is 1. The Morgan fingerprint density at radius 1 is 1.25 bits per heavy atom. The lowest BCUT2D eigenvalue weighted by Crippen LogP contribution is -2.36. The highest BCUT2D eigenvalue weighted by molar-refractivity contribution is 7.92. The number of non-ortho nitro benzene ring substituents is 1. The van der Waals surface area contributed by atoms with Crippen LogP contribution in [0.4, 0.5) is 11.4 Å². The summed E-state index contributed by atoms with van der Waals surface area (Å²) in [6, 6.07) is 10.2. The molecule has 1 unspecified atom stereocenters. The van der Waals surface area contributed by atoms with Crippen LogP contribution in [0.5, 0.6) is 0 Å². The molecule has 2 aromatic rings. The first-order valence-electron chi connectivity index (χ1n) is 7.36. The summed E-state index contributed by atoms with van der Waals surface area (Å²) in [5.41, 5.74) is 1.60. The molecular weight excluding hydrogens is 332 g/mol. The Labute approximate surface area is 139 Å². The van der Waals surface area contributed by atoms with Crippen molar-refractivity contribution in [3.8, 4) is 0 Å². The normalized spacial score (nSPS) is 17.4. The molecule has 1 heterocycles. The highest BCUT2D eigenvalue weighted by Crippen LogP contribution is 2.37. The number of sulfonamides is 1. The molecule has 2 aromatic carbocycles. The van der Waals surface area contributed by atoms with Gasteiger partial charge in [-0.2, -0.15) is 0 Å².